The Kier molecular flexibility index (Phi) is 8.41. The first-order valence-electron chi connectivity index (χ1n) is 9.09. The maximum atomic E-state index is 14.4. The van der Waals surface area contributed by atoms with Gasteiger partial charge in [-0.05, 0) is 46.5 Å². The predicted octanol–water partition coefficient (Wildman–Crippen LogP) is 5.77. The molecule has 2 nitrogen and oxygen atoms in total. The number of nitrogens with zero attached hydrogens (tertiary/aromatic N) is 2. The highest BCUT2D eigenvalue weighted by atomic mass is 19.2. The number of unbranched alkanes of at least 4 members (excludes halogenated alkanes) is 1. The van der Waals surface area contributed by atoms with Crippen molar-refractivity contribution in [2.75, 3.05) is 19.6 Å². The zero-order chi connectivity index (χ0) is 17.5. The minimum Gasteiger partial charge on any atom is -0.237 e. The summed E-state index contributed by atoms with van der Waals surface area (Å²) in [6, 6.07) is 0. The molecule has 0 saturated carbocycles. The van der Waals surface area contributed by atoms with Gasteiger partial charge in [0.05, 0.1) is 0 Å². The molecule has 23 heavy (non-hydrogen) atoms. The molecule has 0 unspecified atom stereocenters. The monoisotopic (exact) mass is 328 g/mol. The van der Waals surface area contributed by atoms with Gasteiger partial charge in [-0.2, -0.15) is 0 Å². The molecule has 0 amide bonds. The molecule has 1 rings (SSSR count). The third kappa shape index (κ3) is 5.68. The van der Waals surface area contributed by atoms with Gasteiger partial charge in [-0.3, -0.25) is 0 Å². The van der Waals surface area contributed by atoms with Crippen LogP contribution in [0.1, 0.15) is 73.1 Å². The van der Waals surface area contributed by atoms with Crippen LogP contribution in [0.3, 0.4) is 0 Å². The lowest BCUT2D eigenvalue weighted by molar-refractivity contribution is -0.0648. The fourth-order valence-corrected chi connectivity index (χ4v) is 3.23. The Morgan fingerprint density at radius 3 is 2.39 bits per heavy atom. The molecule has 0 aromatic carbocycles. The zero-order valence-electron chi connectivity index (χ0n) is 15.6. The topological polar surface area (TPSA) is 6.48 Å². The van der Waals surface area contributed by atoms with Crippen molar-refractivity contribution in [3.8, 4) is 0 Å². The van der Waals surface area contributed by atoms with Crippen LogP contribution >= 0.6 is 0 Å². The number of halogens is 2. The second-order valence-electron chi connectivity index (χ2n) is 7.06. The molecule has 0 radical (unpaired) electrons. The molecule has 1 aliphatic heterocycles. The van der Waals surface area contributed by atoms with Gasteiger partial charge in [-0.25, -0.2) is 18.8 Å². The second-order valence-corrected chi connectivity index (χ2v) is 7.06. The van der Waals surface area contributed by atoms with E-state index < -0.39 is 11.7 Å². The zero-order valence-corrected chi connectivity index (χ0v) is 15.6. The Morgan fingerprint density at radius 2 is 1.91 bits per heavy atom. The van der Waals surface area contributed by atoms with Gasteiger partial charge in [0, 0.05) is 37.2 Å². The summed E-state index contributed by atoms with van der Waals surface area (Å²) in [6.45, 7) is 12.6. The summed E-state index contributed by atoms with van der Waals surface area (Å²) in [6.07, 6.45) is 6.96. The largest absolute Gasteiger partial charge is 0.237 e. The summed E-state index contributed by atoms with van der Waals surface area (Å²) in [5.74, 6) is -1.27. The minimum atomic E-state index is -0.659. The van der Waals surface area contributed by atoms with Crippen molar-refractivity contribution in [3.05, 3.63) is 23.3 Å². The van der Waals surface area contributed by atoms with Gasteiger partial charge < -0.3 is 0 Å². The minimum absolute atomic E-state index is 0.0920. The van der Waals surface area contributed by atoms with Crippen LogP contribution in [-0.2, 0) is 0 Å². The Morgan fingerprint density at radius 1 is 1.22 bits per heavy atom. The van der Waals surface area contributed by atoms with E-state index in [1.54, 1.807) is 13.0 Å². The number of hydrogen-bond acceptors (Lipinski definition) is 2. The molecular weight excluding hydrogens is 294 g/mol. The van der Waals surface area contributed by atoms with E-state index in [2.05, 4.69) is 30.8 Å². The van der Waals surface area contributed by atoms with E-state index in [4.69, 9.17) is 0 Å². The van der Waals surface area contributed by atoms with Gasteiger partial charge in [0.15, 0.2) is 5.83 Å². The third-order valence-corrected chi connectivity index (χ3v) is 4.66. The van der Waals surface area contributed by atoms with Gasteiger partial charge in [0.25, 0.3) is 0 Å². The smallest absolute Gasteiger partial charge is 0.158 e. The molecule has 1 saturated heterocycles. The fraction of sp³-hybridized carbons (Fsp3) is 0.789. The van der Waals surface area contributed by atoms with Crippen molar-refractivity contribution in [1.29, 1.82) is 0 Å². The molecule has 0 spiro atoms. The fourth-order valence-electron chi connectivity index (χ4n) is 3.23. The van der Waals surface area contributed by atoms with Gasteiger partial charge in [-0.15, -0.1) is 0 Å². The number of rotatable bonds is 9. The first-order chi connectivity index (χ1) is 10.9. The molecule has 0 aliphatic carbocycles. The maximum absolute atomic E-state index is 14.4. The number of allylic oxidation sites excluding steroid dienone is 2. The lowest BCUT2D eigenvalue weighted by atomic mass is 10.0. The average molecular weight is 328 g/mol. The lowest BCUT2D eigenvalue weighted by Gasteiger charge is -2.41. The van der Waals surface area contributed by atoms with Crippen molar-refractivity contribution in [2.24, 2.45) is 0 Å². The van der Waals surface area contributed by atoms with E-state index in [-0.39, 0.29) is 12.0 Å². The highest BCUT2D eigenvalue weighted by molar-refractivity contribution is 5.28. The molecule has 1 aliphatic rings. The Labute approximate surface area is 141 Å². The highest BCUT2D eigenvalue weighted by Crippen LogP contribution is 2.31. The van der Waals surface area contributed by atoms with E-state index in [1.165, 1.54) is 0 Å². The lowest BCUT2D eigenvalue weighted by Crippen LogP contribution is -2.51. The van der Waals surface area contributed by atoms with E-state index in [0.717, 1.165) is 38.8 Å². The van der Waals surface area contributed by atoms with Crippen LogP contribution in [0.25, 0.3) is 0 Å². The second kappa shape index (κ2) is 9.53. The Bertz CT molecular complexity index is 427. The Hall–Kier alpha value is -0.740. The molecule has 0 N–H and O–H groups in total. The van der Waals surface area contributed by atoms with Crippen LogP contribution in [0.2, 0.25) is 0 Å². The third-order valence-electron chi connectivity index (χ3n) is 4.66. The molecule has 0 aromatic rings. The van der Waals surface area contributed by atoms with E-state index in [1.807, 2.05) is 6.92 Å². The van der Waals surface area contributed by atoms with Crippen LogP contribution < -0.4 is 0 Å². The van der Waals surface area contributed by atoms with Gasteiger partial charge in [0.1, 0.15) is 5.83 Å². The molecule has 4 heteroatoms. The molecule has 134 valence electrons. The molecule has 1 fully saturated rings. The maximum Gasteiger partial charge on any atom is 0.158 e. The first kappa shape index (κ1) is 20.3. The summed E-state index contributed by atoms with van der Waals surface area (Å²) in [4.78, 5) is 0. The van der Waals surface area contributed by atoms with Crippen molar-refractivity contribution in [2.45, 2.75) is 78.7 Å². The summed E-state index contributed by atoms with van der Waals surface area (Å²) < 4.78 is 28.3. The Balaban J connectivity index is 2.93. The van der Waals surface area contributed by atoms with Crippen LogP contribution in [0.5, 0.6) is 0 Å². The molecule has 0 bridgehead atoms. The molecule has 1 heterocycles. The van der Waals surface area contributed by atoms with Gasteiger partial charge >= 0.3 is 0 Å². The van der Waals surface area contributed by atoms with Crippen LogP contribution in [0, 0.1) is 0 Å². The average Bonchev–Trinajstić information content (AvgIpc) is 2.86. The predicted molar refractivity (Wildman–Crippen MR) is 94.4 cm³/mol. The summed E-state index contributed by atoms with van der Waals surface area (Å²) in [5, 5.41) is 4.59. The standard InChI is InChI=1S/C19H34F2N2/c1-6-9-13-22(23-14-10-12-19(23,4)5)15-16(8-3)18(21)17(20)11-7-2/h8H,6-7,9-15H2,1-5H3/b16-8-,18-17-. The van der Waals surface area contributed by atoms with Crippen molar-refractivity contribution >= 4 is 0 Å². The van der Waals surface area contributed by atoms with Gasteiger partial charge in [0.2, 0.25) is 0 Å². The molecule has 0 aromatic heterocycles. The molecule has 0 atom stereocenters. The van der Waals surface area contributed by atoms with Gasteiger partial charge in [-0.1, -0.05) is 26.3 Å². The summed E-state index contributed by atoms with van der Waals surface area (Å²) in [5.41, 5.74) is 0.559. The van der Waals surface area contributed by atoms with E-state index in [0.29, 0.717) is 18.5 Å². The summed E-state index contributed by atoms with van der Waals surface area (Å²) >= 11 is 0. The number of hydrogen-bond donors (Lipinski definition) is 0. The number of hydrazine groups is 1. The highest BCUT2D eigenvalue weighted by Gasteiger charge is 2.36. The van der Waals surface area contributed by atoms with Crippen LogP contribution in [0.15, 0.2) is 23.3 Å². The van der Waals surface area contributed by atoms with Crippen LogP contribution in [0.4, 0.5) is 8.78 Å². The van der Waals surface area contributed by atoms with Crippen molar-refractivity contribution < 1.29 is 8.78 Å². The summed E-state index contributed by atoms with van der Waals surface area (Å²) in [7, 11) is 0. The quantitative estimate of drug-likeness (QED) is 0.495. The van der Waals surface area contributed by atoms with Crippen molar-refractivity contribution in [3.63, 3.8) is 0 Å². The normalized spacial score (nSPS) is 20.3. The first-order valence-corrected chi connectivity index (χ1v) is 9.09. The van der Waals surface area contributed by atoms with E-state index in [9.17, 15) is 8.78 Å². The van der Waals surface area contributed by atoms with E-state index >= 15 is 0 Å². The van der Waals surface area contributed by atoms with Crippen molar-refractivity contribution in [1.82, 2.24) is 10.0 Å². The SMILES string of the molecule is C/C=C(CN(CCCC)N1CCCC1(C)C)\C(F)=C(\F)CCC. The molecular formula is C19H34F2N2. The van der Waals surface area contributed by atoms with Crippen LogP contribution in [-0.4, -0.2) is 35.2 Å².